The summed E-state index contributed by atoms with van der Waals surface area (Å²) in [5.41, 5.74) is 4.27. The second-order valence-electron chi connectivity index (χ2n) is 9.95. The smallest absolute Gasteiger partial charge is 0.256 e. The lowest BCUT2D eigenvalue weighted by molar-refractivity contribution is 0.0644. The van der Waals surface area contributed by atoms with Crippen LogP contribution < -0.4 is 9.64 Å². The summed E-state index contributed by atoms with van der Waals surface area (Å²) in [6, 6.07) is 15.4. The second-order valence-corrected chi connectivity index (χ2v) is 10.4. The number of hydrogen-bond donors (Lipinski definition) is 0. The molecule has 0 spiro atoms. The van der Waals surface area contributed by atoms with Gasteiger partial charge in [0.2, 0.25) is 0 Å². The maximum atomic E-state index is 13.4. The van der Waals surface area contributed by atoms with Crippen molar-refractivity contribution in [1.82, 2.24) is 14.8 Å². The van der Waals surface area contributed by atoms with Crippen LogP contribution in [-0.2, 0) is 6.54 Å². The molecule has 3 aliphatic rings. The highest BCUT2D eigenvalue weighted by Crippen LogP contribution is 2.41. The van der Waals surface area contributed by atoms with E-state index < -0.39 is 0 Å². The van der Waals surface area contributed by atoms with Crippen molar-refractivity contribution in [2.45, 2.75) is 37.9 Å². The van der Waals surface area contributed by atoms with Crippen LogP contribution in [0.2, 0.25) is 5.02 Å². The Balaban J connectivity index is 1.16. The fourth-order valence-electron chi connectivity index (χ4n) is 5.85. The molecule has 8 heteroatoms. The highest BCUT2D eigenvalue weighted by atomic mass is 35.5. The lowest BCUT2D eigenvalue weighted by Gasteiger charge is -2.38. The average molecular weight is 517 g/mol. The Morgan fingerprint density at radius 3 is 2.62 bits per heavy atom. The van der Waals surface area contributed by atoms with Gasteiger partial charge in [-0.25, -0.2) is 0 Å². The van der Waals surface area contributed by atoms with Crippen LogP contribution in [0, 0.1) is 0 Å². The average Bonchev–Trinajstić information content (AvgIpc) is 3.29. The highest BCUT2D eigenvalue weighted by Gasteiger charge is 2.37. The number of anilines is 1. The van der Waals surface area contributed by atoms with Gasteiger partial charge in [0.05, 0.1) is 23.2 Å². The first kappa shape index (κ1) is 23.8. The minimum Gasteiger partial charge on any atom is -0.493 e. The van der Waals surface area contributed by atoms with Gasteiger partial charge in [0, 0.05) is 68.4 Å². The molecule has 0 aliphatic carbocycles. The van der Waals surface area contributed by atoms with E-state index in [0.29, 0.717) is 41.5 Å². The van der Waals surface area contributed by atoms with E-state index in [9.17, 15) is 9.59 Å². The normalized spacial score (nSPS) is 19.3. The molecule has 1 aromatic heterocycles. The number of carbonyl (C=O) groups is 2. The van der Waals surface area contributed by atoms with Gasteiger partial charge in [0.15, 0.2) is 0 Å². The Kier molecular flexibility index (Phi) is 6.24. The summed E-state index contributed by atoms with van der Waals surface area (Å²) in [7, 11) is 1.89. The molecule has 4 heterocycles. The molecule has 0 unspecified atom stereocenters. The molecule has 1 atom stereocenters. The topological polar surface area (TPSA) is 66.0 Å². The molecule has 2 amide bonds. The molecule has 3 aromatic rings. The molecule has 0 radical (unpaired) electrons. The van der Waals surface area contributed by atoms with E-state index in [0.717, 1.165) is 37.1 Å². The number of amides is 2. The van der Waals surface area contributed by atoms with Crippen molar-refractivity contribution >= 4 is 29.1 Å². The summed E-state index contributed by atoms with van der Waals surface area (Å²) in [5.74, 6) is 0.627. The molecular weight excluding hydrogens is 488 g/mol. The standard InChI is InChI=1S/C29H29ClN4O3/c1-32(21-9-14-33(15-10-21)22-7-12-31-13-8-22)28(35)19-5-6-23-25(11-16-37-26(23)17-19)34-18-20-3-2-4-24(30)27(20)29(34)36/h2-8,12-13,17,21,25H,9-11,14-16,18H2,1H3/t25-/m1/s1. The third-order valence-corrected chi connectivity index (χ3v) is 8.24. The van der Waals surface area contributed by atoms with Crippen molar-refractivity contribution < 1.29 is 14.3 Å². The predicted molar refractivity (Wildman–Crippen MR) is 142 cm³/mol. The number of pyridine rings is 1. The SMILES string of the molecule is CN(C(=O)c1ccc2c(c1)OCC[C@H]2N1Cc2cccc(Cl)c2C1=O)C1CCN(c2ccncc2)CC1. The second kappa shape index (κ2) is 9.71. The van der Waals surface area contributed by atoms with Gasteiger partial charge in [0.1, 0.15) is 5.75 Å². The Hall–Kier alpha value is -3.58. The van der Waals surface area contributed by atoms with Crippen LogP contribution >= 0.6 is 11.6 Å². The summed E-state index contributed by atoms with van der Waals surface area (Å²) in [4.78, 5) is 36.8. The zero-order valence-electron chi connectivity index (χ0n) is 20.8. The minimum absolute atomic E-state index is 0.00711. The van der Waals surface area contributed by atoms with Crippen LogP contribution in [0.5, 0.6) is 5.75 Å². The van der Waals surface area contributed by atoms with E-state index in [-0.39, 0.29) is 23.9 Å². The van der Waals surface area contributed by atoms with Crippen molar-refractivity contribution in [3.63, 3.8) is 0 Å². The lowest BCUT2D eigenvalue weighted by Crippen LogP contribution is -2.45. The van der Waals surface area contributed by atoms with Crippen LogP contribution in [0.3, 0.4) is 0 Å². The molecule has 1 fully saturated rings. The number of rotatable bonds is 4. The molecule has 190 valence electrons. The molecule has 37 heavy (non-hydrogen) atoms. The van der Waals surface area contributed by atoms with Crippen molar-refractivity contribution in [2.75, 3.05) is 31.6 Å². The molecular formula is C29H29ClN4O3. The summed E-state index contributed by atoms with van der Waals surface area (Å²) >= 11 is 6.34. The van der Waals surface area contributed by atoms with Crippen LogP contribution in [-0.4, -0.2) is 59.4 Å². The molecule has 0 N–H and O–H groups in total. The van der Waals surface area contributed by atoms with E-state index in [4.69, 9.17) is 16.3 Å². The lowest BCUT2D eigenvalue weighted by atomic mass is 9.96. The summed E-state index contributed by atoms with van der Waals surface area (Å²) in [5, 5.41) is 0.493. The first-order chi connectivity index (χ1) is 18.0. The summed E-state index contributed by atoms with van der Waals surface area (Å²) in [6.07, 6.45) is 6.15. The Bertz CT molecular complexity index is 1340. The zero-order chi connectivity index (χ0) is 25.5. The number of piperidine rings is 1. The number of benzene rings is 2. The van der Waals surface area contributed by atoms with E-state index in [2.05, 4.69) is 9.88 Å². The van der Waals surface area contributed by atoms with Gasteiger partial charge < -0.3 is 19.4 Å². The van der Waals surface area contributed by atoms with Crippen molar-refractivity contribution in [3.8, 4) is 5.75 Å². The molecule has 0 saturated carbocycles. The van der Waals surface area contributed by atoms with Crippen LogP contribution in [0.15, 0.2) is 60.9 Å². The van der Waals surface area contributed by atoms with Gasteiger partial charge in [-0.05, 0) is 48.7 Å². The Morgan fingerprint density at radius 2 is 1.86 bits per heavy atom. The van der Waals surface area contributed by atoms with Crippen molar-refractivity contribution in [3.05, 3.63) is 88.2 Å². The highest BCUT2D eigenvalue weighted by molar-refractivity contribution is 6.34. The number of nitrogens with zero attached hydrogens (tertiary/aromatic N) is 4. The summed E-state index contributed by atoms with van der Waals surface area (Å²) in [6.45, 7) is 2.82. The van der Waals surface area contributed by atoms with E-state index in [1.165, 1.54) is 5.69 Å². The van der Waals surface area contributed by atoms with Gasteiger partial charge in [-0.2, -0.15) is 0 Å². The monoisotopic (exact) mass is 516 g/mol. The van der Waals surface area contributed by atoms with Gasteiger partial charge in [-0.15, -0.1) is 0 Å². The van der Waals surface area contributed by atoms with Crippen LogP contribution in [0.4, 0.5) is 5.69 Å². The van der Waals surface area contributed by atoms with Gasteiger partial charge in [0.25, 0.3) is 11.8 Å². The number of ether oxygens (including phenoxy) is 1. The maximum absolute atomic E-state index is 13.4. The first-order valence-electron chi connectivity index (χ1n) is 12.8. The van der Waals surface area contributed by atoms with Gasteiger partial charge >= 0.3 is 0 Å². The van der Waals surface area contributed by atoms with Crippen molar-refractivity contribution in [1.29, 1.82) is 0 Å². The van der Waals surface area contributed by atoms with Gasteiger partial charge in [-0.1, -0.05) is 29.8 Å². The third kappa shape index (κ3) is 4.31. The third-order valence-electron chi connectivity index (χ3n) is 7.92. The first-order valence-corrected chi connectivity index (χ1v) is 13.2. The van der Waals surface area contributed by atoms with E-state index >= 15 is 0 Å². The maximum Gasteiger partial charge on any atom is 0.256 e. The number of hydrogen-bond acceptors (Lipinski definition) is 5. The van der Waals surface area contributed by atoms with Crippen molar-refractivity contribution in [2.24, 2.45) is 0 Å². The number of fused-ring (bicyclic) bond motifs is 2. The minimum atomic E-state index is -0.112. The number of aromatic nitrogens is 1. The summed E-state index contributed by atoms with van der Waals surface area (Å²) < 4.78 is 5.98. The molecule has 6 rings (SSSR count). The van der Waals surface area contributed by atoms with E-state index in [1.807, 2.05) is 71.7 Å². The molecule has 3 aliphatic heterocycles. The molecule has 7 nitrogen and oxygen atoms in total. The van der Waals surface area contributed by atoms with Gasteiger partial charge in [-0.3, -0.25) is 14.6 Å². The predicted octanol–water partition coefficient (Wildman–Crippen LogP) is 4.96. The zero-order valence-corrected chi connectivity index (χ0v) is 21.5. The molecule has 1 saturated heterocycles. The van der Waals surface area contributed by atoms with Crippen LogP contribution in [0.1, 0.15) is 57.1 Å². The fourth-order valence-corrected chi connectivity index (χ4v) is 6.13. The number of halogens is 1. The quantitative estimate of drug-likeness (QED) is 0.490. The fraction of sp³-hybridized carbons (Fsp3) is 0.345. The molecule has 2 aromatic carbocycles. The largest absolute Gasteiger partial charge is 0.493 e. The van der Waals surface area contributed by atoms with E-state index in [1.54, 1.807) is 6.07 Å². The molecule has 0 bridgehead atoms. The Morgan fingerprint density at radius 1 is 1.08 bits per heavy atom. The van der Waals surface area contributed by atoms with Crippen LogP contribution in [0.25, 0.3) is 0 Å². The Labute approximate surface area is 221 Å². The number of carbonyl (C=O) groups excluding carboxylic acids is 2.